The molecule has 1 atom stereocenters. The summed E-state index contributed by atoms with van der Waals surface area (Å²) in [5.41, 5.74) is 5.81. The lowest BCUT2D eigenvalue weighted by molar-refractivity contribution is 0.0252. The predicted octanol–water partition coefficient (Wildman–Crippen LogP) is 9.45. The molecule has 192 valence electrons. The number of hydrogen-bond acceptors (Lipinski definition) is 2. The molecule has 0 aromatic heterocycles. The monoisotopic (exact) mass is 484 g/mol. The van der Waals surface area contributed by atoms with Crippen molar-refractivity contribution in [1.29, 1.82) is 0 Å². The van der Waals surface area contributed by atoms with Crippen LogP contribution in [0.1, 0.15) is 135 Å². The Labute approximate surface area is 218 Å². The highest BCUT2D eigenvalue weighted by Gasteiger charge is 2.30. The number of unbranched alkanes of at least 4 members (excludes halogenated alkanes) is 2. The van der Waals surface area contributed by atoms with Gasteiger partial charge in [-0.05, 0) is 103 Å². The number of benzene rings is 2. The van der Waals surface area contributed by atoms with E-state index in [0.29, 0.717) is 17.8 Å². The van der Waals surface area contributed by atoms with Crippen LogP contribution in [0.3, 0.4) is 0 Å². The number of carbonyl (C=O) groups excluding carboxylic acids is 1. The van der Waals surface area contributed by atoms with Gasteiger partial charge in [0.05, 0.1) is 5.56 Å². The first-order valence-electron chi connectivity index (χ1n) is 14.7. The summed E-state index contributed by atoms with van der Waals surface area (Å²) in [6, 6.07) is 15.5. The predicted molar refractivity (Wildman–Crippen MR) is 148 cm³/mol. The highest BCUT2D eigenvalue weighted by molar-refractivity contribution is 5.92. The smallest absolute Gasteiger partial charge is 0.339 e. The van der Waals surface area contributed by atoms with Crippen molar-refractivity contribution in [1.82, 2.24) is 0 Å². The van der Waals surface area contributed by atoms with E-state index in [4.69, 9.17) is 4.74 Å². The summed E-state index contributed by atoms with van der Waals surface area (Å²) in [5.74, 6) is 2.69. The second-order valence-electron chi connectivity index (χ2n) is 11.7. The van der Waals surface area contributed by atoms with E-state index in [2.05, 4.69) is 62.0 Å². The normalized spacial score (nSPS) is 28.2. The molecule has 0 bridgehead atoms. The van der Waals surface area contributed by atoms with Crippen LogP contribution in [-0.2, 0) is 11.2 Å². The molecule has 0 amide bonds. The Morgan fingerprint density at radius 2 is 1.47 bits per heavy atom. The lowest BCUT2D eigenvalue weighted by atomic mass is 9.76. The molecule has 2 aromatic carbocycles. The summed E-state index contributed by atoms with van der Waals surface area (Å²) < 4.78 is 5.98. The van der Waals surface area contributed by atoms with Gasteiger partial charge in [0.2, 0.25) is 0 Å². The van der Waals surface area contributed by atoms with Crippen LogP contribution in [0.4, 0.5) is 0 Å². The zero-order chi connectivity index (χ0) is 24.9. The molecular formula is C34H44O2. The number of cyclic esters (lactones) is 1. The standard InChI is InChI=1S/C34H44O2/c1-3-5-6-7-25-10-14-28(15-11-25)30-20-21-31-23-33(36-34(35)32(31)22-30)29-18-16-27(17-19-29)26-12-8-24(4-2)9-13-26/h4,16-22,24-26,28,33H,2-3,5-15,23H2,1H3. The molecule has 2 aliphatic carbocycles. The average Bonchev–Trinajstić information content (AvgIpc) is 2.93. The number of fused-ring (bicyclic) bond motifs is 1. The minimum Gasteiger partial charge on any atom is -0.454 e. The first-order valence-corrected chi connectivity index (χ1v) is 14.7. The highest BCUT2D eigenvalue weighted by atomic mass is 16.5. The Morgan fingerprint density at radius 3 is 2.17 bits per heavy atom. The van der Waals surface area contributed by atoms with Crippen molar-refractivity contribution in [3.63, 3.8) is 0 Å². The number of rotatable bonds is 8. The van der Waals surface area contributed by atoms with Gasteiger partial charge in [0.15, 0.2) is 0 Å². The molecule has 1 unspecified atom stereocenters. The number of ether oxygens (including phenoxy) is 1. The van der Waals surface area contributed by atoms with Gasteiger partial charge in [-0.15, -0.1) is 6.58 Å². The zero-order valence-electron chi connectivity index (χ0n) is 22.2. The molecule has 2 heteroatoms. The molecule has 5 rings (SSSR count). The SMILES string of the molecule is C=CC1CCC(c2ccc(C3Cc4ccc(C5CCC(CCCCC)CC5)cc4C(=O)O3)cc2)CC1. The lowest BCUT2D eigenvalue weighted by Gasteiger charge is -2.30. The zero-order valence-corrected chi connectivity index (χ0v) is 22.2. The van der Waals surface area contributed by atoms with Crippen LogP contribution in [0.15, 0.2) is 55.1 Å². The molecular weight excluding hydrogens is 440 g/mol. The Hall–Kier alpha value is -2.35. The largest absolute Gasteiger partial charge is 0.454 e. The number of carbonyl (C=O) groups is 1. The number of hydrogen-bond donors (Lipinski definition) is 0. The van der Waals surface area contributed by atoms with Gasteiger partial charge in [-0.25, -0.2) is 4.79 Å². The first kappa shape index (κ1) is 25.3. The fourth-order valence-electron chi connectivity index (χ4n) is 6.97. The molecule has 2 saturated carbocycles. The third-order valence-corrected chi connectivity index (χ3v) is 9.43. The summed E-state index contributed by atoms with van der Waals surface area (Å²) in [7, 11) is 0. The Morgan fingerprint density at radius 1 is 0.833 bits per heavy atom. The van der Waals surface area contributed by atoms with E-state index in [0.717, 1.165) is 29.0 Å². The van der Waals surface area contributed by atoms with E-state index in [1.165, 1.54) is 88.2 Å². The van der Waals surface area contributed by atoms with Crippen LogP contribution in [0.2, 0.25) is 0 Å². The van der Waals surface area contributed by atoms with Gasteiger partial charge in [0.1, 0.15) is 6.10 Å². The van der Waals surface area contributed by atoms with Gasteiger partial charge in [-0.3, -0.25) is 0 Å². The molecule has 2 nitrogen and oxygen atoms in total. The molecule has 0 radical (unpaired) electrons. The minimum absolute atomic E-state index is 0.150. The van der Waals surface area contributed by atoms with Crippen molar-refractivity contribution in [2.45, 2.75) is 108 Å². The van der Waals surface area contributed by atoms with E-state index in [-0.39, 0.29) is 12.1 Å². The van der Waals surface area contributed by atoms with Crippen LogP contribution < -0.4 is 0 Å². The number of esters is 1. The van der Waals surface area contributed by atoms with Crippen molar-refractivity contribution in [3.8, 4) is 0 Å². The summed E-state index contributed by atoms with van der Waals surface area (Å²) in [4.78, 5) is 13.0. The van der Waals surface area contributed by atoms with Crippen molar-refractivity contribution < 1.29 is 9.53 Å². The van der Waals surface area contributed by atoms with Gasteiger partial charge >= 0.3 is 5.97 Å². The molecule has 36 heavy (non-hydrogen) atoms. The van der Waals surface area contributed by atoms with Crippen molar-refractivity contribution in [2.75, 3.05) is 0 Å². The van der Waals surface area contributed by atoms with Crippen LogP contribution >= 0.6 is 0 Å². The molecule has 0 spiro atoms. The third kappa shape index (κ3) is 5.79. The van der Waals surface area contributed by atoms with Crippen LogP contribution in [0, 0.1) is 11.8 Å². The fourth-order valence-corrected chi connectivity index (χ4v) is 6.97. The second-order valence-corrected chi connectivity index (χ2v) is 11.7. The van der Waals surface area contributed by atoms with E-state index in [1.807, 2.05) is 0 Å². The van der Waals surface area contributed by atoms with Gasteiger partial charge < -0.3 is 4.74 Å². The second kappa shape index (κ2) is 11.8. The van der Waals surface area contributed by atoms with Gasteiger partial charge in [0, 0.05) is 6.42 Å². The van der Waals surface area contributed by atoms with Crippen molar-refractivity contribution >= 4 is 5.97 Å². The molecule has 2 fully saturated rings. The topological polar surface area (TPSA) is 26.3 Å². The van der Waals surface area contributed by atoms with Crippen molar-refractivity contribution in [3.05, 3.63) is 82.9 Å². The average molecular weight is 485 g/mol. The molecule has 1 aliphatic heterocycles. The quantitative estimate of drug-likeness (QED) is 0.212. The molecule has 2 aromatic rings. The third-order valence-electron chi connectivity index (χ3n) is 9.43. The summed E-state index contributed by atoms with van der Waals surface area (Å²) >= 11 is 0. The van der Waals surface area contributed by atoms with Crippen LogP contribution in [0.5, 0.6) is 0 Å². The van der Waals surface area contributed by atoms with Gasteiger partial charge in [-0.2, -0.15) is 0 Å². The first-order chi connectivity index (χ1) is 17.6. The molecule has 3 aliphatic rings. The van der Waals surface area contributed by atoms with Gasteiger partial charge in [0.25, 0.3) is 0 Å². The summed E-state index contributed by atoms with van der Waals surface area (Å²) in [5, 5.41) is 0. The van der Waals surface area contributed by atoms with Crippen LogP contribution in [0.25, 0.3) is 0 Å². The van der Waals surface area contributed by atoms with E-state index >= 15 is 0 Å². The van der Waals surface area contributed by atoms with Gasteiger partial charge in [-0.1, -0.05) is 75.1 Å². The minimum atomic E-state index is -0.181. The Bertz CT molecular complexity index is 1020. The molecule has 0 saturated heterocycles. The van der Waals surface area contributed by atoms with Crippen molar-refractivity contribution in [2.24, 2.45) is 11.8 Å². The Balaban J connectivity index is 1.20. The van der Waals surface area contributed by atoms with E-state index in [9.17, 15) is 4.79 Å². The number of allylic oxidation sites excluding steroid dienone is 1. The highest BCUT2D eigenvalue weighted by Crippen LogP contribution is 2.40. The molecule has 0 N–H and O–H groups in total. The van der Waals surface area contributed by atoms with Crippen LogP contribution in [-0.4, -0.2) is 5.97 Å². The summed E-state index contributed by atoms with van der Waals surface area (Å²) in [6.45, 7) is 6.25. The maximum atomic E-state index is 13.0. The molecule has 1 heterocycles. The lowest BCUT2D eigenvalue weighted by Crippen LogP contribution is -2.22. The Kier molecular flexibility index (Phi) is 8.29. The van der Waals surface area contributed by atoms with E-state index in [1.54, 1.807) is 0 Å². The summed E-state index contributed by atoms with van der Waals surface area (Å²) in [6.07, 6.45) is 18.3. The van der Waals surface area contributed by atoms with E-state index < -0.39 is 0 Å². The maximum absolute atomic E-state index is 13.0. The fraction of sp³-hybridized carbons (Fsp3) is 0.559. The maximum Gasteiger partial charge on any atom is 0.339 e.